The van der Waals surface area contributed by atoms with Gasteiger partial charge >= 0.3 is 0 Å². The van der Waals surface area contributed by atoms with Crippen LogP contribution < -0.4 is 0 Å². The van der Waals surface area contributed by atoms with Crippen molar-refractivity contribution in [1.82, 2.24) is 0 Å². The Morgan fingerprint density at radius 3 is 2.57 bits per heavy atom. The van der Waals surface area contributed by atoms with Crippen molar-refractivity contribution in [3.8, 4) is 0 Å². The molecule has 0 unspecified atom stereocenters. The Kier molecular flexibility index (Phi) is 2.25. The summed E-state index contributed by atoms with van der Waals surface area (Å²) in [4.78, 5) is 5.47. The molecule has 0 amide bonds. The zero-order chi connectivity index (χ0) is 10.3. The monoisotopic (exact) mass is 247 g/mol. The van der Waals surface area contributed by atoms with Crippen LogP contribution in [0.25, 0.3) is 0 Å². The van der Waals surface area contributed by atoms with E-state index in [2.05, 4.69) is 4.99 Å². The number of sulfone groups is 1. The van der Waals surface area contributed by atoms with Crippen molar-refractivity contribution in [3.63, 3.8) is 0 Å². The molecule has 0 N–H and O–H groups in total. The van der Waals surface area contributed by atoms with Crippen LogP contribution in [0.3, 0.4) is 0 Å². The van der Waals surface area contributed by atoms with Crippen LogP contribution in [0.1, 0.15) is 9.75 Å². The Labute approximate surface area is 90.7 Å². The Hall–Kier alpha value is -0.650. The quantitative estimate of drug-likeness (QED) is 0.764. The summed E-state index contributed by atoms with van der Waals surface area (Å²) in [5.41, 5.74) is 0. The molecule has 2 rings (SSSR count). The van der Waals surface area contributed by atoms with E-state index in [4.69, 9.17) is 11.6 Å². The summed E-state index contributed by atoms with van der Waals surface area (Å²) in [6.45, 7) is 1.91. The van der Waals surface area contributed by atoms with Gasteiger partial charge in [-0.15, -0.1) is 11.3 Å². The molecule has 1 aliphatic rings. The van der Waals surface area contributed by atoms with Crippen molar-refractivity contribution in [2.24, 2.45) is 4.99 Å². The molecule has 0 bridgehead atoms. The van der Waals surface area contributed by atoms with Crippen molar-refractivity contribution < 1.29 is 8.42 Å². The van der Waals surface area contributed by atoms with E-state index in [0.717, 1.165) is 4.88 Å². The topological polar surface area (TPSA) is 46.5 Å². The number of rotatable bonds is 1. The van der Waals surface area contributed by atoms with Crippen molar-refractivity contribution >= 4 is 37.8 Å². The SMILES string of the molecule is Cc1ccc(C2=NC=C(Cl)S2(=O)=O)s1. The van der Waals surface area contributed by atoms with Crippen molar-refractivity contribution in [3.05, 3.63) is 32.5 Å². The minimum atomic E-state index is -3.52. The average Bonchev–Trinajstić information content (AvgIpc) is 2.60. The Balaban J connectivity index is 2.51. The lowest BCUT2D eigenvalue weighted by atomic mass is 10.4. The second-order valence-corrected chi connectivity index (χ2v) is 6.53. The average molecular weight is 248 g/mol. The molecule has 0 aliphatic carbocycles. The van der Waals surface area contributed by atoms with Crippen molar-refractivity contribution in [1.29, 1.82) is 0 Å². The molecule has 3 nitrogen and oxygen atoms in total. The van der Waals surface area contributed by atoms with E-state index in [1.807, 2.05) is 13.0 Å². The number of hydrogen-bond acceptors (Lipinski definition) is 4. The molecule has 74 valence electrons. The van der Waals surface area contributed by atoms with Crippen LogP contribution in [-0.2, 0) is 9.84 Å². The van der Waals surface area contributed by atoms with E-state index in [9.17, 15) is 8.42 Å². The first-order valence-corrected chi connectivity index (χ1v) is 6.45. The predicted octanol–water partition coefficient (Wildman–Crippen LogP) is 2.27. The van der Waals surface area contributed by atoms with Gasteiger partial charge in [0.25, 0.3) is 0 Å². The molecule has 1 aliphatic heterocycles. The molecule has 6 heteroatoms. The fourth-order valence-corrected chi connectivity index (χ4v) is 3.47. The lowest BCUT2D eigenvalue weighted by Gasteiger charge is -1.96. The van der Waals surface area contributed by atoms with E-state index >= 15 is 0 Å². The van der Waals surface area contributed by atoms with E-state index in [0.29, 0.717) is 4.88 Å². The van der Waals surface area contributed by atoms with Crippen molar-refractivity contribution in [2.45, 2.75) is 6.92 Å². The zero-order valence-electron chi connectivity index (χ0n) is 7.19. The molecular formula is C8H6ClNO2S2. The lowest BCUT2D eigenvalue weighted by molar-refractivity contribution is 0.615. The predicted molar refractivity (Wildman–Crippen MR) is 58.4 cm³/mol. The first kappa shape index (κ1) is 9.89. The number of thiophene rings is 1. The summed E-state index contributed by atoms with van der Waals surface area (Å²) in [6.07, 6.45) is 1.17. The summed E-state index contributed by atoms with van der Waals surface area (Å²) in [7, 11) is -3.52. The standard InChI is InChI=1S/C8H6ClNO2S2/c1-5-2-3-6(13-5)8-10-4-7(9)14(8,11)12/h2-4H,1H3. The third-order valence-electron chi connectivity index (χ3n) is 1.75. The molecule has 2 heterocycles. The smallest absolute Gasteiger partial charge is 0.237 e. The van der Waals surface area contributed by atoms with Gasteiger partial charge in [0.2, 0.25) is 9.84 Å². The van der Waals surface area contributed by atoms with Gasteiger partial charge < -0.3 is 0 Å². The van der Waals surface area contributed by atoms with Gasteiger partial charge in [0.05, 0.1) is 11.1 Å². The molecule has 0 fully saturated rings. The van der Waals surface area contributed by atoms with Gasteiger partial charge in [0.1, 0.15) is 0 Å². The van der Waals surface area contributed by atoms with Crippen molar-refractivity contribution in [2.75, 3.05) is 0 Å². The van der Waals surface area contributed by atoms with E-state index in [-0.39, 0.29) is 9.41 Å². The number of hydrogen-bond donors (Lipinski definition) is 0. The Bertz CT molecular complexity index is 539. The first-order chi connectivity index (χ1) is 6.51. The summed E-state index contributed by atoms with van der Waals surface area (Å²) >= 11 is 6.91. The Morgan fingerprint density at radius 2 is 2.14 bits per heavy atom. The molecule has 1 aromatic heterocycles. The van der Waals surface area contributed by atoms with Gasteiger partial charge in [-0.1, -0.05) is 11.6 Å². The highest BCUT2D eigenvalue weighted by molar-refractivity contribution is 8.12. The maximum Gasteiger partial charge on any atom is 0.237 e. The summed E-state index contributed by atoms with van der Waals surface area (Å²) < 4.78 is 22.9. The van der Waals surface area contributed by atoms with Crippen LogP contribution in [0.15, 0.2) is 27.7 Å². The molecule has 0 spiro atoms. The van der Waals surface area contributed by atoms with Gasteiger partial charge in [0.15, 0.2) is 9.41 Å². The molecule has 0 aromatic carbocycles. The summed E-state index contributed by atoms with van der Waals surface area (Å²) in [6, 6.07) is 3.59. The lowest BCUT2D eigenvalue weighted by Crippen LogP contribution is -2.10. The van der Waals surface area contributed by atoms with Gasteiger partial charge in [-0.05, 0) is 19.1 Å². The van der Waals surface area contributed by atoms with E-state index in [1.165, 1.54) is 17.5 Å². The largest absolute Gasteiger partial charge is 0.241 e. The number of nitrogens with zero attached hydrogens (tertiary/aromatic N) is 1. The third kappa shape index (κ3) is 1.41. The van der Waals surface area contributed by atoms with Crippen LogP contribution in [0.5, 0.6) is 0 Å². The van der Waals surface area contributed by atoms with Gasteiger partial charge in [-0.2, -0.15) is 0 Å². The summed E-state index contributed by atoms with van der Waals surface area (Å²) in [5.74, 6) is 0. The van der Waals surface area contributed by atoms with Gasteiger partial charge in [-0.25, -0.2) is 13.4 Å². The highest BCUT2D eigenvalue weighted by Crippen LogP contribution is 2.28. The second-order valence-electron chi connectivity index (χ2n) is 2.78. The summed E-state index contributed by atoms with van der Waals surface area (Å²) in [5, 5.41) is 0.0561. The molecule has 0 saturated carbocycles. The maximum atomic E-state index is 11.6. The fraction of sp³-hybridized carbons (Fsp3) is 0.125. The fourth-order valence-electron chi connectivity index (χ4n) is 1.09. The first-order valence-electron chi connectivity index (χ1n) is 3.77. The second kappa shape index (κ2) is 3.18. The van der Waals surface area contributed by atoms with Crippen LogP contribution in [0.4, 0.5) is 0 Å². The van der Waals surface area contributed by atoms with E-state index < -0.39 is 9.84 Å². The molecule has 0 saturated heterocycles. The van der Waals surface area contributed by atoms with Gasteiger partial charge in [-0.3, -0.25) is 0 Å². The molecule has 0 radical (unpaired) electrons. The molecule has 1 aromatic rings. The van der Waals surface area contributed by atoms with Crippen LogP contribution >= 0.6 is 22.9 Å². The zero-order valence-corrected chi connectivity index (χ0v) is 9.58. The minimum Gasteiger partial charge on any atom is -0.241 e. The number of aryl methyl sites for hydroxylation is 1. The number of aliphatic imine (C=N–C) groups is 1. The highest BCUT2D eigenvalue weighted by atomic mass is 35.5. The normalized spacial score (nSPS) is 19.3. The van der Waals surface area contributed by atoms with Crippen LogP contribution in [0, 0.1) is 6.92 Å². The Morgan fingerprint density at radius 1 is 1.43 bits per heavy atom. The number of halogens is 1. The molecule has 14 heavy (non-hydrogen) atoms. The van der Waals surface area contributed by atoms with E-state index in [1.54, 1.807) is 6.07 Å². The molecular weight excluding hydrogens is 242 g/mol. The maximum absolute atomic E-state index is 11.6. The minimum absolute atomic E-state index is 0.0561. The van der Waals surface area contributed by atoms with Gasteiger partial charge in [0, 0.05) is 4.88 Å². The van der Waals surface area contributed by atoms with Crippen LogP contribution in [0.2, 0.25) is 0 Å². The molecule has 0 atom stereocenters. The van der Waals surface area contributed by atoms with Crippen LogP contribution in [-0.4, -0.2) is 13.5 Å². The third-order valence-corrected chi connectivity index (χ3v) is 5.04. The highest BCUT2D eigenvalue weighted by Gasteiger charge is 2.30.